The predicted octanol–water partition coefficient (Wildman–Crippen LogP) is 3.10. The van der Waals surface area contributed by atoms with Gasteiger partial charge < -0.3 is 5.32 Å². The molecule has 0 fully saturated rings. The van der Waals surface area contributed by atoms with E-state index in [1.54, 1.807) is 29.5 Å². The van der Waals surface area contributed by atoms with Crippen LogP contribution in [0.25, 0.3) is 10.1 Å². The van der Waals surface area contributed by atoms with Crippen molar-refractivity contribution in [1.82, 2.24) is 0 Å². The Morgan fingerprint density at radius 3 is 2.87 bits per heavy atom. The second-order valence-electron chi connectivity index (χ2n) is 2.96. The van der Waals surface area contributed by atoms with Crippen molar-refractivity contribution in [3.63, 3.8) is 0 Å². The van der Waals surface area contributed by atoms with Gasteiger partial charge in [0.2, 0.25) is 0 Å². The Kier molecular flexibility index (Phi) is 2.64. The number of carbonyl (C=O) groups is 1. The minimum Gasteiger partial charge on any atom is -0.321 e. The van der Waals surface area contributed by atoms with Crippen LogP contribution in [0.5, 0.6) is 0 Å². The number of benzene rings is 1. The Morgan fingerprint density at radius 2 is 2.13 bits per heavy atom. The number of fused-ring (bicyclic) bond motifs is 1. The van der Waals surface area contributed by atoms with Crippen LogP contribution in [-0.2, 0) is 4.79 Å². The van der Waals surface area contributed by atoms with Crippen LogP contribution in [-0.4, -0.2) is 12.3 Å². The number of alkyl halides is 2. The van der Waals surface area contributed by atoms with E-state index in [1.807, 2.05) is 11.4 Å². The zero-order valence-corrected chi connectivity index (χ0v) is 8.35. The summed E-state index contributed by atoms with van der Waals surface area (Å²) in [4.78, 5) is 10.7. The quantitative estimate of drug-likeness (QED) is 0.839. The summed E-state index contributed by atoms with van der Waals surface area (Å²) >= 11 is 1.56. The highest BCUT2D eigenvalue weighted by Gasteiger charge is 2.14. The molecule has 1 heterocycles. The van der Waals surface area contributed by atoms with E-state index in [0.717, 1.165) is 10.1 Å². The molecule has 2 aromatic rings. The van der Waals surface area contributed by atoms with Gasteiger partial charge in [-0.25, -0.2) is 0 Å². The minimum absolute atomic E-state index is 0.395. The van der Waals surface area contributed by atoms with Crippen LogP contribution in [0.3, 0.4) is 0 Å². The summed E-state index contributed by atoms with van der Waals surface area (Å²) in [5.74, 6) is -1.27. The SMILES string of the molecule is O=C(Nc1ccc2sccc2c1)C(F)F. The number of amides is 1. The Balaban J connectivity index is 2.25. The summed E-state index contributed by atoms with van der Waals surface area (Å²) < 4.78 is 25.0. The van der Waals surface area contributed by atoms with Gasteiger partial charge in [-0.05, 0) is 35.0 Å². The highest BCUT2D eigenvalue weighted by atomic mass is 32.1. The molecule has 78 valence electrons. The Bertz CT molecular complexity index is 495. The van der Waals surface area contributed by atoms with Gasteiger partial charge in [-0.15, -0.1) is 11.3 Å². The lowest BCUT2D eigenvalue weighted by atomic mass is 10.2. The van der Waals surface area contributed by atoms with Gasteiger partial charge >= 0.3 is 6.43 Å². The predicted molar refractivity (Wildman–Crippen MR) is 56.5 cm³/mol. The molecule has 2 rings (SSSR count). The van der Waals surface area contributed by atoms with Crippen LogP contribution in [0.1, 0.15) is 0 Å². The topological polar surface area (TPSA) is 29.1 Å². The average Bonchev–Trinajstić information content (AvgIpc) is 2.64. The molecule has 0 unspecified atom stereocenters. The fourth-order valence-electron chi connectivity index (χ4n) is 1.24. The molecule has 2 nitrogen and oxygen atoms in total. The molecule has 0 aliphatic carbocycles. The van der Waals surface area contributed by atoms with Crippen molar-refractivity contribution in [2.24, 2.45) is 0 Å². The van der Waals surface area contributed by atoms with Crippen molar-refractivity contribution in [2.75, 3.05) is 5.32 Å². The maximum atomic E-state index is 12.0. The van der Waals surface area contributed by atoms with Gasteiger partial charge in [0.05, 0.1) is 0 Å². The van der Waals surface area contributed by atoms with Crippen molar-refractivity contribution in [3.05, 3.63) is 29.6 Å². The second kappa shape index (κ2) is 3.94. The molecule has 15 heavy (non-hydrogen) atoms. The average molecular weight is 227 g/mol. The van der Waals surface area contributed by atoms with Crippen molar-refractivity contribution < 1.29 is 13.6 Å². The van der Waals surface area contributed by atoms with Crippen LogP contribution < -0.4 is 5.32 Å². The van der Waals surface area contributed by atoms with Crippen molar-refractivity contribution in [2.45, 2.75) is 6.43 Å². The first-order chi connectivity index (χ1) is 7.16. The second-order valence-corrected chi connectivity index (χ2v) is 3.91. The number of hydrogen-bond donors (Lipinski definition) is 1. The van der Waals surface area contributed by atoms with Gasteiger partial charge in [0.25, 0.3) is 5.91 Å². The van der Waals surface area contributed by atoms with Crippen molar-refractivity contribution >= 4 is 33.0 Å². The normalized spacial score (nSPS) is 10.9. The Hall–Kier alpha value is -1.49. The lowest BCUT2D eigenvalue weighted by Crippen LogP contribution is -2.19. The summed E-state index contributed by atoms with van der Waals surface area (Å²) in [5.41, 5.74) is 0.395. The summed E-state index contributed by atoms with van der Waals surface area (Å²) in [6.07, 6.45) is -2.98. The van der Waals surface area contributed by atoms with Gasteiger partial charge in [0, 0.05) is 10.4 Å². The highest BCUT2D eigenvalue weighted by molar-refractivity contribution is 7.17. The zero-order valence-electron chi connectivity index (χ0n) is 7.54. The molecular weight excluding hydrogens is 220 g/mol. The van der Waals surface area contributed by atoms with Crippen LogP contribution in [0, 0.1) is 0 Å². The minimum atomic E-state index is -2.98. The van der Waals surface area contributed by atoms with Crippen LogP contribution in [0.15, 0.2) is 29.6 Å². The molecule has 1 aromatic carbocycles. The van der Waals surface area contributed by atoms with E-state index in [1.165, 1.54) is 0 Å². The van der Waals surface area contributed by atoms with Crippen LogP contribution >= 0.6 is 11.3 Å². The molecule has 0 saturated heterocycles. The molecule has 0 aliphatic heterocycles. The van der Waals surface area contributed by atoms with Crippen LogP contribution in [0.2, 0.25) is 0 Å². The van der Waals surface area contributed by atoms with Crippen molar-refractivity contribution in [1.29, 1.82) is 0 Å². The third-order valence-electron chi connectivity index (χ3n) is 1.92. The number of carbonyl (C=O) groups excluding carboxylic acids is 1. The van der Waals surface area contributed by atoms with Gasteiger partial charge in [-0.3, -0.25) is 4.79 Å². The number of nitrogens with one attached hydrogen (secondary N) is 1. The number of hydrogen-bond acceptors (Lipinski definition) is 2. The van der Waals surface area contributed by atoms with Gasteiger partial charge in [0.1, 0.15) is 0 Å². The molecule has 5 heteroatoms. The van der Waals surface area contributed by atoms with Crippen molar-refractivity contribution in [3.8, 4) is 0 Å². The fraction of sp³-hybridized carbons (Fsp3) is 0.100. The summed E-state index contributed by atoms with van der Waals surface area (Å²) in [7, 11) is 0. The summed E-state index contributed by atoms with van der Waals surface area (Å²) in [6, 6.07) is 6.95. The summed E-state index contributed by atoms with van der Waals surface area (Å²) in [5, 5.41) is 4.98. The molecule has 1 aromatic heterocycles. The monoisotopic (exact) mass is 227 g/mol. The lowest BCUT2D eigenvalue weighted by Gasteiger charge is -2.03. The number of thiophene rings is 1. The Labute approximate surface area is 88.5 Å². The van der Waals surface area contributed by atoms with E-state index in [9.17, 15) is 13.6 Å². The molecule has 1 N–H and O–H groups in total. The first kappa shape index (κ1) is 10.0. The van der Waals surface area contributed by atoms with E-state index < -0.39 is 12.3 Å². The molecule has 0 aliphatic rings. The number of rotatable bonds is 2. The standard InChI is InChI=1S/C10H7F2NOS/c11-9(12)10(14)13-7-1-2-8-6(5-7)3-4-15-8/h1-5,9H,(H,13,14). The van der Waals surface area contributed by atoms with E-state index >= 15 is 0 Å². The highest BCUT2D eigenvalue weighted by Crippen LogP contribution is 2.24. The van der Waals surface area contributed by atoms with E-state index in [4.69, 9.17) is 0 Å². The number of anilines is 1. The zero-order chi connectivity index (χ0) is 10.8. The maximum absolute atomic E-state index is 12.0. The molecule has 0 radical (unpaired) electrons. The smallest absolute Gasteiger partial charge is 0.315 e. The van der Waals surface area contributed by atoms with Gasteiger partial charge in [0.15, 0.2) is 0 Å². The van der Waals surface area contributed by atoms with E-state index in [0.29, 0.717) is 5.69 Å². The molecule has 0 bridgehead atoms. The molecule has 0 atom stereocenters. The maximum Gasteiger partial charge on any atom is 0.315 e. The van der Waals surface area contributed by atoms with E-state index in [2.05, 4.69) is 5.32 Å². The summed E-state index contributed by atoms with van der Waals surface area (Å²) in [6.45, 7) is 0. The third-order valence-corrected chi connectivity index (χ3v) is 2.82. The molecule has 0 spiro atoms. The Morgan fingerprint density at radius 1 is 1.33 bits per heavy atom. The largest absolute Gasteiger partial charge is 0.321 e. The van der Waals surface area contributed by atoms with Crippen LogP contribution in [0.4, 0.5) is 14.5 Å². The first-order valence-electron chi connectivity index (χ1n) is 4.23. The third kappa shape index (κ3) is 2.12. The van der Waals surface area contributed by atoms with Gasteiger partial charge in [-0.1, -0.05) is 0 Å². The molecule has 0 saturated carbocycles. The fourth-order valence-corrected chi connectivity index (χ4v) is 2.01. The first-order valence-corrected chi connectivity index (χ1v) is 5.11. The van der Waals surface area contributed by atoms with E-state index in [-0.39, 0.29) is 0 Å². The van der Waals surface area contributed by atoms with Gasteiger partial charge in [-0.2, -0.15) is 8.78 Å². The molecule has 1 amide bonds. The molecular formula is C10H7F2NOS. The number of halogens is 2. The lowest BCUT2D eigenvalue weighted by molar-refractivity contribution is -0.126.